The van der Waals surface area contributed by atoms with Crippen LogP contribution in [0, 0.1) is 0 Å². The molecule has 4 nitrogen and oxygen atoms in total. The first-order valence-electron chi connectivity index (χ1n) is 6.05. The van der Waals surface area contributed by atoms with Gasteiger partial charge in [-0.25, -0.2) is 0 Å². The minimum atomic E-state index is 0.201. The van der Waals surface area contributed by atoms with E-state index in [1.165, 1.54) is 0 Å². The molecule has 1 aliphatic rings. The van der Waals surface area contributed by atoms with Crippen molar-refractivity contribution in [1.82, 2.24) is 15.1 Å². The molecule has 100 valence electrons. The Morgan fingerprint density at radius 2 is 2.28 bits per heavy atom. The van der Waals surface area contributed by atoms with Crippen molar-refractivity contribution in [2.45, 2.75) is 6.54 Å². The van der Waals surface area contributed by atoms with Crippen LogP contribution in [0.15, 0.2) is 11.4 Å². The van der Waals surface area contributed by atoms with Crippen LogP contribution in [0.4, 0.5) is 0 Å². The number of nitrogens with zero attached hydrogens (tertiary/aromatic N) is 2. The fraction of sp³-hybridized carbons (Fsp3) is 0.583. The third-order valence-electron chi connectivity index (χ3n) is 2.98. The lowest BCUT2D eigenvalue weighted by Gasteiger charge is -2.29. The molecular formula is C12H18ClN3OS. The third-order valence-corrected chi connectivity index (χ3v) is 4.35. The number of rotatable bonds is 4. The molecule has 18 heavy (non-hydrogen) atoms. The van der Waals surface area contributed by atoms with Crippen molar-refractivity contribution in [1.29, 1.82) is 0 Å². The van der Waals surface area contributed by atoms with Crippen molar-refractivity contribution >= 4 is 28.8 Å². The topological polar surface area (TPSA) is 35.6 Å². The molecule has 1 aromatic heterocycles. The molecule has 0 aliphatic carbocycles. The van der Waals surface area contributed by atoms with Crippen LogP contribution in [0.3, 0.4) is 0 Å². The number of hydrogen-bond acceptors (Lipinski definition) is 4. The molecule has 2 heterocycles. The van der Waals surface area contributed by atoms with E-state index < -0.39 is 0 Å². The first-order valence-corrected chi connectivity index (χ1v) is 7.31. The van der Waals surface area contributed by atoms with Gasteiger partial charge < -0.3 is 10.2 Å². The highest BCUT2D eigenvalue weighted by atomic mass is 35.5. The smallest absolute Gasteiger partial charge is 0.236 e. The van der Waals surface area contributed by atoms with Crippen molar-refractivity contribution in [3.05, 3.63) is 21.3 Å². The summed E-state index contributed by atoms with van der Waals surface area (Å²) in [6.45, 7) is 4.60. The van der Waals surface area contributed by atoms with Crippen LogP contribution in [0.2, 0.25) is 5.02 Å². The van der Waals surface area contributed by atoms with Crippen molar-refractivity contribution in [2.75, 3.05) is 39.8 Å². The van der Waals surface area contributed by atoms with Crippen LogP contribution in [-0.2, 0) is 11.3 Å². The summed E-state index contributed by atoms with van der Waals surface area (Å²) in [5, 5.41) is 6.01. The van der Waals surface area contributed by atoms with E-state index in [1.807, 2.05) is 28.3 Å². The summed E-state index contributed by atoms with van der Waals surface area (Å²) >= 11 is 7.68. The van der Waals surface area contributed by atoms with E-state index in [0.29, 0.717) is 6.54 Å². The summed E-state index contributed by atoms with van der Waals surface area (Å²) < 4.78 is 0. The zero-order chi connectivity index (χ0) is 13.0. The molecule has 1 aromatic rings. The second kappa shape index (κ2) is 6.52. The normalized spacial score (nSPS) is 16.3. The van der Waals surface area contributed by atoms with Gasteiger partial charge in [-0.15, -0.1) is 11.3 Å². The lowest BCUT2D eigenvalue weighted by molar-refractivity contribution is -0.132. The molecular weight excluding hydrogens is 270 g/mol. The number of piperazine rings is 1. The zero-order valence-electron chi connectivity index (χ0n) is 10.5. The molecule has 1 fully saturated rings. The van der Waals surface area contributed by atoms with E-state index in [1.54, 1.807) is 11.3 Å². The van der Waals surface area contributed by atoms with Crippen molar-refractivity contribution in [3.63, 3.8) is 0 Å². The Bertz CT molecular complexity index is 404. The fourth-order valence-electron chi connectivity index (χ4n) is 1.98. The van der Waals surface area contributed by atoms with Crippen LogP contribution < -0.4 is 5.32 Å². The van der Waals surface area contributed by atoms with Crippen LogP contribution in [0.25, 0.3) is 0 Å². The summed E-state index contributed by atoms with van der Waals surface area (Å²) in [4.78, 5) is 17.1. The SMILES string of the molecule is CN(CC(=O)N1CCNCC1)Cc1sccc1Cl. The van der Waals surface area contributed by atoms with Gasteiger partial charge in [0.25, 0.3) is 0 Å². The second-order valence-corrected chi connectivity index (χ2v) is 5.90. The Morgan fingerprint density at radius 3 is 2.89 bits per heavy atom. The average Bonchev–Trinajstić information content (AvgIpc) is 2.76. The van der Waals surface area contributed by atoms with Crippen LogP contribution in [0.1, 0.15) is 4.88 Å². The van der Waals surface area contributed by atoms with Gasteiger partial charge in [-0.2, -0.15) is 0 Å². The van der Waals surface area contributed by atoms with Gasteiger partial charge in [0.15, 0.2) is 0 Å². The highest BCUT2D eigenvalue weighted by Gasteiger charge is 2.18. The Kier molecular flexibility index (Phi) is 5.00. The molecule has 0 atom stereocenters. The molecule has 2 rings (SSSR count). The average molecular weight is 288 g/mol. The van der Waals surface area contributed by atoms with Gasteiger partial charge in [0.2, 0.25) is 5.91 Å². The highest BCUT2D eigenvalue weighted by Crippen LogP contribution is 2.23. The van der Waals surface area contributed by atoms with Gasteiger partial charge >= 0.3 is 0 Å². The van der Waals surface area contributed by atoms with Gasteiger partial charge in [-0.05, 0) is 18.5 Å². The van der Waals surface area contributed by atoms with E-state index in [-0.39, 0.29) is 5.91 Å². The molecule has 1 aliphatic heterocycles. The quantitative estimate of drug-likeness (QED) is 0.906. The molecule has 1 N–H and O–H groups in total. The predicted octanol–water partition coefficient (Wildman–Crippen LogP) is 1.27. The maximum atomic E-state index is 12.0. The minimum absolute atomic E-state index is 0.201. The van der Waals surface area contributed by atoms with Gasteiger partial charge in [0.05, 0.1) is 11.6 Å². The van der Waals surface area contributed by atoms with E-state index in [9.17, 15) is 4.79 Å². The molecule has 0 unspecified atom stereocenters. The van der Waals surface area contributed by atoms with Crippen LogP contribution in [-0.4, -0.2) is 55.5 Å². The minimum Gasteiger partial charge on any atom is -0.339 e. The molecule has 0 bridgehead atoms. The van der Waals surface area contributed by atoms with E-state index in [2.05, 4.69) is 5.32 Å². The standard InChI is InChI=1S/C12H18ClN3OS/c1-15(8-11-10(13)2-7-18-11)9-12(17)16-5-3-14-4-6-16/h2,7,14H,3-6,8-9H2,1H3. The number of halogens is 1. The van der Waals surface area contributed by atoms with Crippen molar-refractivity contribution in [3.8, 4) is 0 Å². The number of amides is 1. The number of nitrogens with one attached hydrogen (secondary N) is 1. The number of hydrogen-bond donors (Lipinski definition) is 1. The summed E-state index contributed by atoms with van der Waals surface area (Å²) in [7, 11) is 1.95. The lowest BCUT2D eigenvalue weighted by atomic mass is 10.3. The Morgan fingerprint density at radius 1 is 1.56 bits per heavy atom. The first-order chi connectivity index (χ1) is 8.66. The molecule has 1 saturated heterocycles. The Labute approximate surface area is 117 Å². The Balaban J connectivity index is 1.81. The van der Waals surface area contributed by atoms with Crippen molar-refractivity contribution < 1.29 is 4.79 Å². The number of likely N-dealkylation sites (N-methyl/N-ethyl adjacent to an activating group) is 1. The van der Waals surface area contributed by atoms with Crippen LogP contribution >= 0.6 is 22.9 Å². The number of thiophene rings is 1. The second-order valence-electron chi connectivity index (χ2n) is 4.49. The summed E-state index contributed by atoms with van der Waals surface area (Å²) in [6, 6.07) is 1.90. The maximum Gasteiger partial charge on any atom is 0.236 e. The summed E-state index contributed by atoms with van der Waals surface area (Å²) in [6.07, 6.45) is 0. The van der Waals surface area contributed by atoms with E-state index >= 15 is 0 Å². The largest absolute Gasteiger partial charge is 0.339 e. The van der Waals surface area contributed by atoms with E-state index in [0.717, 1.165) is 42.6 Å². The highest BCUT2D eigenvalue weighted by molar-refractivity contribution is 7.10. The monoisotopic (exact) mass is 287 g/mol. The molecule has 0 saturated carbocycles. The molecule has 6 heteroatoms. The maximum absolute atomic E-state index is 12.0. The predicted molar refractivity (Wildman–Crippen MR) is 75.1 cm³/mol. The Hall–Kier alpha value is -0.620. The van der Waals surface area contributed by atoms with Crippen LogP contribution in [0.5, 0.6) is 0 Å². The molecule has 1 amide bonds. The number of carbonyl (C=O) groups excluding carboxylic acids is 1. The molecule has 0 radical (unpaired) electrons. The van der Waals surface area contributed by atoms with Crippen molar-refractivity contribution in [2.24, 2.45) is 0 Å². The zero-order valence-corrected chi connectivity index (χ0v) is 12.1. The summed E-state index contributed by atoms with van der Waals surface area (Å²) in [5.74, 6) is 0.201. The molecule has 0 aromatic carbocycles. The van der Waals surface area contributed by atoms with Gasteiger partial charge in [0.1, 0.15) is 0 Å². The van der Waals surface area contributed by atoms with Gasteiger partial charge in [-0.1, -0.05) is 11.6 Å². The number of carbonyl (C=O) groups is 1. The molecule has 0 spiro atoms. The van der Waals surface area contributed by atoms with E-state index in [4.69, 9.17) is 11.6 Å². The lowest BCUT2D eigenvalue weighted by Crippen LogP contribution is -2.49. The van der Waals surface area contributed by atoms with Gasteiger partial charge in [0, 0.05) is 37.6 Å². The third kappa shape index (κ3) is 3.68. The fourth-order valence-corrected chi connectivity index (χ4v) is 3.16. The first kappa shape index (κ1) is 13.8. The van der Waals surface area contributed by atoms with Gasteiger partial charge in [-0.3, -0.25) is 9.69 Å². The summed E-state index contributed by atoms with van der Waals surface area (Å²) in [5.41, 5.74) is 0.